The van der Waals surface area contributed by atoms with Gasteiger partial charge in [0.05, 0.1) is 19.2 Å². The molecule has 172 valence electrons. The first-order valence-electron chi connectivity index (χ1n) is 10.5. The van der Waals surface area contributed by atoms with E-state index in [2.05, 4.69) is 12.2 Å². The number of carboxylic acids is 1. The van der Waals surface area contributed by atoms with E-state index in [1.807, 2.05) is 0 Å². The SMILES string of the molecule is CC[C@H]1CC[C@@](NC(=O)c2cc(F)c(OC)c(-c3ccc(OC)c(Cl)c3)c2)(C(=O)O)CC1. The van der Waals surface area contributed by atoms with Gasteiger partial charge in [-0.25, -0.2) is 9.18 Å². The molecule has 6 nitrogen and oxygen atoms in total. The average molecular weight is 464 g/mol. The van der Waals surface area contributed by atoms with Crippen molar-refractivity contribution < 1.29 is 28.6 Å². The monoisotopic (exact) mass is 463 g/mol. The zero-order valence-corrected chi connectivity index (χ0v) is 19.1. The summed E-state index contributed by atoms with van der Waals surface area (Å²) in [5.41, 5.74) is -0.509. The largest absolute Gasteiger partial charge is 0.495 e. The Morgan fingerprint density at radius 2 is 1.88 bits per heavy atom. The fourth-order valence-electron chi connectivity index (χ4n) is 4.24. The smallest absolute Gasteiger partial charge is 0.329 e. The standard InChI is InChI=1S/C24H27ClFNO5/c1-4-14-7-9-24(10-8-14,23(29)30)27-22(28)16-11-17(21(32-3)19(26)13-16)15-5-6-20(31-2)18(25)12-15/h5-6,11-14H,4,7-10H2,1-3H3,(H,27,28)(H,29,30)/t14-,24-. The maximum atomic E-state index is 14.9. The summed E-state index contributed by atoms with van der Waals surface area (Å²) in [6.07, 6.45) is 3.09. The molecule has 3 rings (SSSR count). The molecule has 0 aromatic heterocycles. The molecular formula is C24H27ClFNO5. The van der Waals surface area contributed by atoms with E-state index < -0.39 is 23.2 Å². The van der Waals surface area contributed by atoms with Gasteiger partial charge in [-0.15, -0.1) is 0 Å². The number of aliphatic carboxylic acids is 1. The summed E-state index contributed by atoms with van der Waals surface area (Å²) < 4.78 is 25.2. The maximum absolute atomic E-state index is 14.9. The molecule has 1 saturated carbocycles. The summed E-state index contributed by atoms with van der Waals surface area (Å²) in [6.45, 7) is 2.07. The Bertz CT molecular complexity index is 1020. The van der Waals surface area contributed by atoms with Crippen molar-refractivity contribution in [2.24, 2.45) is 5.92 Å². The van der Waals surface area contributed by atoms with Crippen LogP contribution in [0, 0.1) is 11.7 Å². The van der Waals surface area contributed by atoms with Gasteiger partial charge in [0, 0.05) is 11.1 Å². The highest BCUT2D eigenvalue weighted by atomic mass is 35.5. The van der Waals surface area contributed by atoms with Crippen LogP contribution in [0.5, 0.6) is 11.5 Å². The zero-order valence-electron chi connectivity index (χ0n) is 18.3. The van der Waals surface area contributed by atoms with E-state index in [1.165, 1.54) is 20.3 Å². The number of hydrogen-bond acceptors (Lipinski definition) is 4. The summed E-state index contributed by atoms with van der Waals surface area (Å²) in [5, 5.41) is 12.9. The van der Waals surface area contributed by atoms with Crippen LogP contribution in [-0.4, -0.2) is 36.7 Å². The zero-order chi connectivity index (χ0) is 23.5. The molecule has 0 spiro atoms. The van der Waals surface area contributed by atoms with Gasteiger partial charge in [0.15, 0.2) is 11.6 Å². The van der Waals surface area contributed by atoms with Gasteiger partial charge in [-0.3, -0.25) is 4.79 Å². The molecule has 2 N–H and O–H groups in total. The van der Waals surface area contributed by atoms with Crippen molar-refractivity contribution in [1.82, 2.24) is 5.32 Å². The van der Waals surface area contributed by atoms with Crippen LogP contribution in [0.4, 0.5) is 4.39 Å². The molecule has 8 heteroatoms. The second-order valence-electron chi connectivity index (χ2n) is 8.08. The molecule has 0 saturated heterocycles. The van der Waals surface area contributed by atoms with Crippen LogP contribution in [0.25, 0.3) is 11.1 Å². The molecule has 0 aliphatic heterocycles. The number of carboxylic acid groups (broad SMARTS) is 1. The van der Waals surface area contributed by atoms with E-state index in [9.17, 15) is 19.1 Å². The number of amides is 1. The van der Waals surface area contributed by atoms with Gasteiger partial charge >= 0.3 is 5.97 Å². The quantitative estimate of drug-likeness (QED) is 0.580. The molecule has 0 radical (unpaired) electrons. The van der Waals surface area contributed by atoms with Crippen molar-refractivity contribution in [2.45, 2.75) is 44.6 Å². The number of carbonyl (C=O) groups is 2. The topological polar surface area (TPSA) is 84.9 Å². The Kier molecular flexibility index (Phi) is 7.29. The molecule has 32 heavy (non-hydrogen) atoms. The minimum absolute atomic E-state index is 0.00322. The Morgan fingerprint density at radius 1 is 1.19 bits per heavy atom. The van der Waals surface area contributed by atoms with Crippen molar-refractivity contribution in [3.05, 3.63) is 46.7 Å². The second kappa shape index (κ2) is 9.77. The normalized spacial score (nSPS) is 20.5. The number of rotatable bonds is 7. The lowest BCUT2D eigenvalue weighted by molar-refractivity contribution is -0.146. The average Bonchev–Trinajstić information content (AvgIpc) is 2.78. The molecular weight excluding hydrogens is 437 g/mol. The number of ether oxygens (including phenoxy) is 2. The summed E-state index contributed by atoms with van der Waals surface area (Å²) in [5.74, 6) is -1.60. The Balaban J connectivity index is 1.97. The number of benzene rings is 2. The van der Waals surface area contributed by atoms with E-state index in [0.29, 0.717) is 40.7 Å². The van der Waals surface area contributed by atoms with Crippen LogP contribution >= 0.6 is 11.6 Å². The third-order valence-electron chi connectivity index (χ3n) is 6.27. The van der Waals surface area contributed by atoms with Crippen molar-refractivity contribution >= 4 is 23.5 Å². The van der Waals surface area contributed by atoms with Crippen LogP contribution in [-0.2, 0) is 4.79 Å². The first-order valence-corrected chi connectivity index (χ1v) is 10.9. The summed E-state index contributed by atoms with van der Waals surface area (Å²) in [4.78, 5) is 25.1. The fraction of sp³-hybridized carbons (Fsp3) is 0.417. The third kappa shape index (κ3) is 4.67. The highest BCUT2D eigenvalue weighted by molar-refractivity contribution is 6.32. The molecule has 0 heterocycles. The molecule has 0 bridgehead atoms. The van der Waals surface area contributed by atoms with Crippen molar-refractivity contribution in [3.8, 4) is 22.6 Å². The predicted octanol–water partition coefficient (Wildman–Crippen LogP) is 5.32. The van der Waals surface area contributed by atoms with Crippen LogP contribution in [0.3, 0.4) is 0 Å². The number of halogens is 2. The molecule has 2 aromatic rings. The van der Waals surface area contributed by atoms with Gasteiger partial charge in [-0.2, -0.15) is 0 Å². The summed E-state index contributed by atoms with van der Waals surface area (Å²) >= 11 is 6.22. The third-order valence-corrected chi connectivity index (χ3v) is 6.57. The van der Waals surface area contributed by atoms with Crippen LogP contribution < -0.4 is 14.8 Å². The maximum Gasteiger partial charge on any atom is 0.329 e. The van der Waals surface area contributed by atoms with Crippen LogP contribution in [0.15, 0.2) is 30.3 Å². The Labute approximate surface area is 191 Å². The van der Waals surface area contributed by atoms with Crippen molar-refractivity contribution in [3.63, 3.8) is 0 Å². The number of hydrogen-bond donors (Lipinski definition) is 2. The minimum Gasteiger partial charge on any atom is -0.495 e. The van der Waals surface area contributed by atoms with Gasteiger partial charge in [-0.05, 0) is 61.4 Å². The second-order valence-corrected chi connectivity index (χ2v) is 8.49. The molecule has 1 aliphatic rings. The molecule has 1 amide bonds. The van der Waals surface area contributed by atoms with E-state index in [1.54, 1.807) is 18.2 Å². The van der Waals surface area contributed by atoms with Crippen LogP contribution in [0.1, 0.15) is 49.4 Å². The van der Waals surface area contributed by atoms with E-state index in [0.717, 1.165) is 25.3 Å². The highest BCUT2D eigenvalue weighted by Crippen LogP contribution is 2.38. The predicted molar refractivity (Wildman–Crippen MR) is 120 cm³/mol. The molecule has 1 fully saturated rings. The van der Waals surface area contributed by atoms with Gasteiger partial charge in [0.1, 0.15) is 11.3 Å². The first-order chi connectivity index (χ1) is 15.2. The fourth-order valence-corrected chi connectivity index (χ4v) is 4.50. The van der Waals surface area contributed by atoms with E-state index in [-0.39, 0.29) is 11.3 Å². The van der Waals surface area contributed by atoms with Crippen molar-refractivity contribution in [2.75, 3.05) is 14.2 Å². The van der Waals surface area contributed by atoms with Crippen molar-refractivity contribution in [1.29, 1.82) is 0 Å². The Hall–Kier alpha value is -2.80. The van der Waals surface area contributed by atoms with Gasteiger partial charge in [-0.1, -0.05) is 31.0 Å². The first kappa shape index (κ1) is 23.9. The number of methoxy groups -OCH3 is 2. The number of nitrogens with one attached hydrogen (secondary N) is 1. The molecule has 0 atom stereocenters. The lowest BCUT2D eigenvalue weighted by Crippen LogP contribution is -2.56. The lowest BCUT2D eigenvalue weighted by Gasteiger charge is -2.37. The molecule has 2 aromatic carbocycles. The summed E-state index contributed by atoms with van der Waals surface area (Å²) in [7, 11) is 2.82. The Morgan fingerprint density at radius 3 is 2.41 bits per heavy atom. The minimum atomic E-state index is -1.36. The molecule has 1 aliphatic carbocycles. The molecule has 0 unspecified atom stereocenters. The number of carbonyl (C=O) groups excluding carboxylic acids is 1. The summed E-state index contributed by atoms with van der Waals surface area (Å²) in [6, 6.07) is 7.42. The van der Waals surface area contributed by atoms with Crippen LogP contribution in [0.2, 0.25) is 5.02 Å². The van der Waals surface area contributed by atoms with E-state index >= 15 is 0 Å². The van der Waals surface area contributed by atoms with Gasteiger partial charge < -0.3 is 19.9 Å². The van der Waals surface area contributed by atoms with E-state index in [4.69, 9.17) is 21.1 Å². The van der Waals surface area contributed by atoms with Gasteiger partial charge in [0.2, 0.25) is 0 Å². The highest BCUT2D eigenvalue weighted by Gasteiger charge is 2.43. The lowest BCUT2D eigenvalue weighted by atomic mass is 9.75. The van der Waals surface area contributed by atoms with Gasteiger partial charge in [0.25, 0.3) is 5.91 Å².